The molecule has 1 aliphatic heterocycles. The molecule has 0 bridgehead atoms. The van der Waals surface area contributed by atoms with E-state index in [9.17, 15) is 18.0 Å². The molecular weight excluding hydrogens is 540 g/mol. The van der Waals surface area contributed by atoms with E-state index in [0.717, 1.165) is 16.7 Å². The molecule has 2 unspecified atom stereocenters. The zero-order valence-electron chi connectivity index (χ0n) is 22.3. The highest BCUT2D eigenvalue weighted by Gasteiger charge is 2.40. The number of carbonyl (C=O) groups excluding carboxylic acids is 1. The van der Waals surface area contributed by atoms with Crippen molar-refractivity contribution in [2.75, 3.05) is 13.7 Å². The maximum absolute atomic E-state index is 15.4. The summed E-state index contributed by atoms with van der Waals surface area (Å²) in [6.45, 7) is 0.317. The molecule has 6 rings (SSSR count). The van der Waals surface area contributed by atoms with Crippen molar-refractivity contribution in [1.82, 2.24) is 9.78 Å². The summed E-state index contributed by atoms with van der Waals surface area (Å²) < 4.78 is 76.2. The van der Waals surface area contributed by atoms with Gasteiger partial charge >= 0.3 is 12.1 Å². The number of nitrogens with zero attached hydrogens (tertiary/aromatic N) is 2. The third kappa shape index (κ3) is 5.03. The third-order valence-corrected chi connectivity index (χ3v) is 7.70. The molecule has 2 atom stereocenters. The molecule has 0 fully saturated rings. The normalized spacial score (nSPS) is 17.6. The second kappa shape index (κ2) is 10.2. The Balaban J connectivity index is 1.33. The van der Waals surface area contributed by atoms with E-state index in [1.807, 2.05) is 6.20 Å². The van der Waals surface area contributed by atoms with Gasteiger partial charge in [0.25, 0.3) is 0 Å². The summed E-state index contributed by atoms with van der Waals surface area (Å²) in [5.74, 6) is -0.477. The number of halogens is 4. The molecule has 0 saturated carbocycles. The van der Waals surface area contributed by atoms with Crippen LogP contribution in [0.25, 0.3) is 22.3 Å². The van der Waals surface area contributed by atoms with E-state index in [2.05, 4.69) is 5.10 Å². The Kier molecular flexibility index (Phi) is 6.71. The number of carbonyl (C=O) groups is 1. The summed E-state index contributed by atoms with van der Waals surface area (Å²) in [6, 6.07) is 12.5. The van der Waals surface area contributed by atoms with Gasteiger partial charge in [-0.3, -0.25) is 9.48 Å². The predicted molar refractivity (Wildman–Crippen MR) is 142 cm³/mol. The van der Waals surface area contributed by atoms with Gasteiger partial charge in [0.1, 0.15) is 23.4 Å². The minimum Gasteiger partial charge on any atom is -0.492 e. The van der Waals surface area contributed by atoms with Crippen LogP contribution in [-0.2, 0) is 29.2 Å². The van der Waals surface area contributed by atoms with Crippen LogP contribution in [0.5, 0.6) is 11.5 Å². The topological polar surface area (TPSA) is 62.6 Å². The molecule has 6 nitrogen and oxygen atoms in total. The van der Waals surface area contributed by atoms with Gasteiger partial charge in [0.15, 0.2) is 0 Å². The number of benzene rings is 3. The highest BCUT2D eigenvalue weighted by atomic mass is 19.4. The molecule has 0 saturated heterocycles. The van der Waals surface area contributed by atoms with Crippen LogP contribution < -0.4 is 9.47 Å². The summed E-state index contributed by atoms with van der Waals surface area (Å²) in [4.78, 5) is 11.7. The molecule has 2 aliphatic rings. The van der Waals surface area contributed by atoms with Crippen molar-refractivity contribution in [3.63, 3.8) is 0 Å². The Bertz CT molecular complexity index is 1630. The molecule has 0 N–H and O–H groups in total. The Morgan fingerprint density at radius 2 is 1.85 bits per heavy atom. The largest absolute Gasteiger partial charge is 0.492 e. The Hall–Kier alpha value is -4.34. The van der Waals surface area contributed by atoms with Gasteiger partial charge in [0, 0.05) is 41.9 Å². The van der Waals surface area contributed by atoms with Gasteiger partial charge in [-0.05, 0) is 47.2 Å². The number of rotatable bonds is 6. The lowest BCUT2D eigenvalue weighted by Crippen LogP contribution is -2.12. The molecule has 41 heavy (non-hydrogen) atoms. The number of esters is 1. The van der Waals surface area contributed by atoms with Crippen LogP contribution in [0.2, 0.25) is 0 Å². The van der Waals surface area contributed by atoms with Crippen molar-refractivity contribution in [1.29, 1.82) is 0 Å². The quantitative estimate of drug-likeness (QED) is 0.186. The molecule has 4 aromatic rings. The molecule has 0 radical (unpaired) electrons. The van der Waals surface area contributed by atoms with Crippen molar-refractivity contribution in [3.05, 3.63) is 89.0 Å². The fourth-order valence-corrected chi connectivity index (χ4v) is 5.76. The van der Waals surface area contributed by atoms with Crippen LogP contribution in [0.1, 0.15) is 47.1 Å². The molecule has 0 amide bonds. The first-order valence-corrected chi connectivity index (χ1v) is 13.1. The molecule has 1 aliphatic carbocycles. The van der Waals surface area contributed by atoms with Crippen LogP contribution in [0.15, 0.2) is 60.9 Å². The molecule has 10 heteroatoms. The van der Waals surface area contributed by atoms with Crippen LogP contribution in [0.4, 0.5) is 17.6 Å². The van der Waals surface area contributed by atoms with Crippen LogP contribution in [0.3, 0.4) is 0 Å². The van der Waals surface area contributed by atoms with E-state index >= 15 is 4.39 Å². The lowest BCUT2D eigenvalue weighted by Gasteiger charge is -2.21. The summed E-state index contributed by atoms with van der Waals surface area (Å²) in [6.07, 6.45) is -1.30. The summed E-state index contributed by atoms with van der Waals surface area (Å²) in [7, 11) is 3.11. The van der Waals surface area contributed by atoms with Crippen LogP contribution in [-0.4, -0.2) is 29.5 Å². The number of aromatic nitrogens is 2. The number of ether oxygens (including phenoxy) is 3. The maximum Gasteiger partial charge on any atom is 0.417 e. The average Bonchev–Trinajstić information content (AvgIpc) is 3.67. The third-order valence-electron chi connectivity index (χ3n) is 7.70. The maximum atomic E-state index is 15.4. The monoisotopic (exact) mass is 566 g/mol. The van der Waals surface area contributed by atoms with Gasteiger partial charge < -0.3 is 14.2 Å². The lowest BCUT2D eigenvalue weighted by atomic mass is 9.90. The average molecular weight is 567 g/mol. The van der Waals surface area contributed by atoms with Gasteiger partial charge in [-0.2, -0.15) is 18.3 Å². The molecule has 0 spiro atoms. The summed E-state index contributed by atoms with van der Waals surface area (Å²) in [5, 5.41) is 4.14. The minimum absolute atomic E-state index is 0.0272. The number of fused-ring (bicyclic) bond motifs is 2. The number of hydrogen-bond donors (Lipinski definition) is 0. The number of aryl methyl sites for hydroxylation is 1. The second-order valence-corrected chi connectivity index (χ2v) is 10.3. The smallest absolute Gasteiger partial charge is 0.417 e. The summed E-state index contributed by atoms with van der Waals surface area (Å²) in [5.41, 5.74) is 2.23. The molecule has 212 valence electrons. The van der Waals surface area contributed by atoms with Gasteiger partial charge in [-0.15, -0.1) is 0 Å². The van der Waals surface area contributed by atoms with E-state index in [0.29, 0.717) is 41.7 Å². The van der Waals surface area contributed by atoms with Crippen molar-refractivity contribution in [3.8, 4) is 33.8 Å². The standard InChI is InChI=1S/C31H26F4N2O4/c1-37-15-20(14-36-37)17-3-5-18(6-4-17)29-23-9-10-26(30(23)25(32)13-24(29)31(33,34)35)41-21-7-8-22-19(11-28(38)39-2)16-40-27(22)12-21/h3-8,12-15,19,26H,9-11,16H2,1-2H3. The van der Waals surface area contributed by atoms with E-state index in [-0.39, 0.29) is 35.9 Å². The van der Waals surface area contributed by atoms with Crippen molar-refractivity contribution in [2.45, 2.75) is 37.5 Å². The molecule has 2 heterocycles. The minimum atomic E-state index is -4.75. The Morgan fingerprint density at radius 1 is 1.10 bits per heavy atom. The molecule has 1 aromatic heterocycles. The SMILES string of the molecule is COC(=O)CC1COc2cc(OC3CCc4c(-c5ccc(-c6cnn(C)c6)cc5)c(C(F)(F)F)cc(F)c43)ccc21. The van der Waals surface area contributed by atoms with E-state index in [1.165, 1.54) is 7.11 Å². The van der Waals surface area contributed by atoms with Crippen molar-refractivity contribution in [2.24, 2.45) is 7.05 Å². The highest BCUT2D eigenvalue weighted by molar-refractivity contribution is 5.77. The van der Waals surface area contributed by atoms with E-state index in [1.54, 1.807) is 60.4 Å². The van der Waals surface area contributed by atoms with Gasteiger partial charge in [-0.1, -0.05) is 30.3 Å². The Labute approximate surface area is 233 Å². The first kappa shape index (κ1) is 26.9. The first-order valence-electron chi connectivity index (χ1n) is 13.1. The highest BCUT2D eigenvalue weighted by Crippen LogP contribution is 2.48. The molecule has 3 aromatic carbocycles. The predicted octanol–water partition coefficient (Wildman–Crippen LogP) is 7.02. The zero-order chi connectivity index (χ0) is 28.9. The number of alkyl halides is 3. The van der Waals surface area contributed by atoms with Gasteiger partial charge in [-0.25, -0.2) is 4.39 Å². The van der Waals surface area contributed by atoms with Crippen molar-refractivity contribution >= 4 is 5.97 Å². The van der Waals surface area contributed by atoms with Gasteiger partial charge in [0.05, 0.1) is 31.9 Å². The van der Waals surface area contributed by atoms with Crippen molar-refractivity contribution < 1.29 is 36.6 Å². The van der Waals surface area contributed by atoms with E-state index < -0.39 is 23.7 Å². The van der Waals surface area contributed by atoms with E-state index in [4.69, 9.17) is 14.2 Å². The van der Waals surface area contributed by atoms with Crippen LogP contribution >= 0.6 is 0 Å². The fourth-order valence-electron chi connectivity index (χ4n) is 5.76. The number of hydrogen-bond acceptors (Lipinski definition) is 5. The number of methoxy groups -OCH3 is 1. The molecular formula is C31H26F4N2O4. The zero-order valence-corrected chi connectivity index (χ0v) is 22.3. The first-order chi connectivity index (χ1) is 19.6. The summed E-state index contributed by atoms with van der Waals surface area (Å²) >= 11 is 0. The fraction of sp³-hybridized carbons (Fsp3) is 0.290. The lowest BCUT2D eigenvalue weighted by molar-refractivity contribution is -0.141. The second-order valence-electron chi connectivity index (χ2n) is 10.3. The Morgan fingerprint density at radius 3 is 2.54 bits per heavy atom. The van der Waals surface area contributed by atoms with Crippen LogP contribution in [0, 0.1) is 5.82 Å². The van der Waals surface area contributed by atoms with Gasteiger partial charge in [0.2, 0.25) is 0 Å².